The summed E-state index contributed by atoms with van der Waals surface area (Å²) in [6.45, 7) is -6.50. The molecule has 27 heteroatoms. The maximum atomic E-state index is 15.0. The van der Waals surface area contributed by atoms with E-state index in [2.05, 4.69) is 8.20 Å². The van der Waals surface area contributed by atoms with E-state index in [0.717, 1.165) is 0 Å². The molecular formula is C19H7BF16N2O6S2. The Balaban J connectivity index is 2.82. The molecule has 8 nitrogen and oxygen atoms in total. The Kier molecular flexibility index (Phi) is 9.05. The molecule has 0 N–H and O–H groups in total. The van der Waals surface area contributed by atoms with E-state index in [4.69, 9.17) is 0 Å². The van der Waals surface area contributed by atoms with Crippen molar-refractivity contribution in [2.75, 3.05) is 4.81 Å². The van der Waals surface area contributed by atoms with Gasteiger partial charge in [-0.25, -0.2) is 35.1 Å². The molecule has 0 amide bonds. The van der Waals surface area contributed by atoms with Gasteiger partial charge in [-0.05, 0) is 12.6 Å². The molecule has 0 saturated heterocycles. The molecule has 0 atom stereocenters. The Morgan fingerprint density at radius 2 is 0.891 bits per heavy atom. The van der Waals surface area contributed by atoms with Crippen molar-refractivity contribution < 1.29 is 99.8 Å². The van der Waals surface area contributed by atoms with E-state index >= 15 is 17.6 Å². The second kappa shape index (κ2) is 11.3. The Morgan fingerprint density at radius 3 is 1.22 bits per heavy atom. The molecule has 3 rings (SSSR count). The maximum absolute atomic E-state index is 15.0. The maximum Gasteiger partial charge on any atom is 0.694 e. The molecule has 2 aromatic rings. The predicted octanol–water partition coefficient (Wildman–Crippen LogP) is 5.77. The second-order valence-electron chi connectivity index (χ2n) is 8.63. The van der Waals surface area contributed by atoms with Crippen LogP contribution in [-0.2, 0) is 28.4 Å². The summed E-state index contributed by atoms with van der Waals surface area (Å²) in [5, 5.41) is 0. The van der Waals surface area contributed by atoms with Crippen molar-refractivity contribution in [3.63, 3.8) is 0 Å². The average Bonchev–Trinajstić information content (AvgIpc) is 2.90. The van der Waals surface area contributed by atoms with Crippen LogP contribution in [-0.4, -0.2) is 44.9 Å². The van der Waals surface area contributed by atoms with Crippen molar-refractivity contribution >= 4 is 44.1 Å². The lowest BCUT2D eigenvalue weighted by atomic mass is 9.79. The smallest absolute Gasteiger partial charge is 0.396 e. The zero-order chi connectivity index (χ0) is 35.9. The van der Waals surface area contributed by atoms with Gasteiger partial charge in [-0.3, -0.25) is 0 Å². The molecule has 46 heavy (non-hydrogen) atoms. The highest BCUT2D eigenvalue weighted by Crippen LogP contribution is 2.45. The number of benzene rings is 2. The first-order valence-electron chi connectivity index (χ1n) is 10.9. The van der Waals surface area contributed by atoms with Gasteiger partial charge in [0.2, 0.25) is 40.6 Å². The van der Waals surface area contributed by atoms with E-state index in [1.165, 1.54) is 0 Å². The van der Waals surface area contributed by atoms with Crippen molar-refractivity contribution in [2.45, 2.75) is 24.9 Å². The third-order valence-electron chi connectivity index (χ3n) is 5.76. The number of halogens is 16. The zero-order valence-corrected chi connectivity index (χ0v) is 23.0. The van der Waals surface area contributed by atoms with Gasteiger partial charge in [0.1, 0.15) is 5.71 Å². The zero-order valence-electron chi connectivity index (χ0n) is 21.4. The average molecular weight is 738 g/mol. The molecule has 0 aromatic heterocycles. The van der Waals surface area contributed by atoms with E-state index in [0.29, 0.717) is 0 Å². The topological polar surface area (TPSA) is 93.0 Å². The van der Waals surface area contributed by atoms with Crippen molar-refractivity contribution in [3.8, 4) is 0 Å². The van der Waals surface area contributed by atoms with E-state index in [9.17, 15) is 69.5 Å². The molecule has 0 spiro atoms. The molecule has 0 bridgehead atoms. The Bertz CT molecular complexity index is 1840. The summed E-state index contributed by atoms with van der Waals surface area (Å²) >= 11 is 0. The first-order chi connectivity index (χ1) is 20.6. The number of hydrogen-bond acceptors (Lipinski definition) is 7. The van der Waals surface area contributed by atoms with Gasteiger partial charge >= 0.3 is 38.1 Å². The fraction of sp³-hybridized carbons (Fsp3) is 0.211. The van der Waals surface area contributed by atoms with Gasteiger partial charge in [0.25, 0.3) is 0 Å². The van der Waals surface area contributed by atoms with Crippen LogP contribution in [0.4, 0.5) is 81.6 Å². The molecule has 1 aliphatic rings. The van der Waals surface area contributed by atoms with Crippen molar-refractivity contribution in [3.05, 3.63) is 69.9 Å². The van der Waals surface area contributed by atoms with Gasteiger partial charge < -0.3 is 17.5 Å². The number of allylic oxidation sites excluding steroid dienone is 2. The van der Waals surface area contributed by atoms with Crippen LogP contribution in [0.25, 0.3) is 0 Å². The number of anilines is 1. The first-order valence-corrected chi connectivity index (χ1v) is 13.7. The highest BCUT2D eigenvalue weighted by atomic mass is 32.2. The van der Waals surface area contributed by atoms with Gasteiger partial charge in [0.15, 0.2) is 23.3 Å². The first kappa shape index (κ1) is 36.9. The van der Waals surface area contributed by atoms with Crippen molar-refractivity contribution in [1.82, 2.24) is 0 Å². The lowest BCUT2D eigenvalue weighted by Crippen LogP contribution is -2.70. The molecule has 256 valence electrons. The monoisotopic (exact) mass is 738 g/mol. The third-order valence-corrected chi connectivity index (χ3v) is 7.90. The normalized spacial score (nSPS) is 16.3. The number of rotatable bonds is 6. The number of nitrogens with zero attached hydrogens (tertiary/aromatic N) is 2. The minimum absolute atomic E-state index is 0.0310. The van der Waals surface area contributed by atoms with Crippen LogP contribution in [0.5, 0.6) is 0 Å². The van der Waals surface area contributed by atoms with Gasteiger partial charge in [0.05, 0.1) is 5.69 Å². The molecule has 0 saturated carbocycles. The summed E-state index contributed by atoms with van der Waals surface area (Å²) in [6.07, 6.45) is 0.0310. The summed E-state index contributed by atoms with van der Waals surface area (Å²) in [5.41, 5.74) is -23.0. The van der Waals surface area contributed by atoms with Gasteiger partial charge in [-0.2, -0.15) is 52.0 Å². The van der Waals surface area contributed by atoms with E-state index < -0.39 is 128 Å². The lowest BCUT2D eigenvalue weighted by molar-refractivity contribution is -0.344. The predicted molar refractivity (Wildman–Crippen MR) is 117 cm³/mol. The summed E-state index contributed by atoms with van der Waals surface area (Å²) in [4.78, 5) is -1.37. The third kappa shape index (κ3) is 5.54. The van der Waals surface area contributed by atoms with Crippen LogP contribution < -0.4 is 4.81 Å². The standard InChI is InChI=1S/C19H7BF16N2O6S2/c1-4-3-5(2)38(17-14(29)10(25)7(22)11(26)15(17)30)20(43-45(39,40)18(31,32)33,44-46(41,42)19(34,35)36)37(4)16-12(27)8(23)6(21)9(24)13(16)28/h3H,1-2H3. The number of alkyl halides is 6. The van der Waals surface area contributed by atoms with E-state index in [-0.39, 0.29) is 19.9 Å². The highest BCUT2D eigenvalue weighted by molar-refractivity contribution is 7.90. The van der Waals surface area contributed by atoms with Crippen LogP contribution in [0.1, 0.15) is 13.8 Å². The van der Waals surface area contributed by atoms with Gasteiger partial charge in [-0.1, -0.05) is 0 Å². The Hall–Kier alpha value is -3.59. The van der Waals surface area contributed by atoms with Crippen molar-refractivity contribution in [2.24, 2.45) is 0 Å². The molecule has 0 fully saturated rings. The van der Waals surface area contributed by atoms with Crippen LogP contribution in [0.15, 0.2) is 11.8 Å². The van der Waals surface area contributed by atoms with E-state index in [1.807, 2.05) is 0 Å². The molecular weight excluding hydrogens is 731 g/mol. The Labute approximate surface area is 244 Å². The minimum Gasteiger partial charge on any atom is -0.396 e. The summed E-state index contributed by atoms with van der Waals surface area (Å²) in [5.74, 6) is -31.9. The minimum atomic E-state index is -7.88. The molecule has 2 aromatic carbocycles. The van der Waals surface area contributed by atoms with Crippen LogP contribution in [0.2, 0.25) is 0 Å². The highest BCUT2D eigenvalue weighted by Gasteiger charge is 2.68. The van der Waals surface area contributed by atoms with Gasteiger partial charge in [-0.15, -0.1) is 0 Å². The van der Waals surface area contributed by atoms with Gasteiger partial charge in [0, 0.05) is 13.0 Å². The second-order valence-corrected chi connectivity index (χ2v) is 11.8. The van der Waals surface area contributed by atoms with Crippen LogP contribution in [0, 0.1) is 58.2 Å². The molecule has 0 aliphatic carbocycles. The quantitative estimate of drug-likeness (QED) is 0.122. The fourth-order valence-electron chi connectivity index (χ4n) is 3.99. The Morgan fingerprint density at radius 1 is 0.587 bits per heavy atom. The van der Waals surface area contributed by atoms with Crippen molar-refractivity contribution in [1.29, 1.82) is 0 Å². The number of hydrogen-bond donors (Lipinski definition) is 0. The summed E-state index contributed by atoms with van der Waals surface area (Å²) in [6, 6.07) is 0. The molecule has 1 aliphatic heterocycles. The lowest BCUT2D eigenvalue weighted by Gasteiger charge is -2.47. The van der Waals surface area contributed by atoms with E-state index in [1.54, 1.807) is 0 Å². The summed E-state index contributed by atoms with van der Waals surface area (Å²) in [7, 11) is -15.8. The molecule has 0 radical (unpaired) electrons. The van der Waals surface area contributed by atoms with Crippen LogP contribution >= 0.6 is 0 Å². The summed E-state index contributed by atoms with van der Waals surface area (Å²) < 4.78 is 280. The molecule has 0 unspecified atom stereocenters. The van der Waals surface area contributed by atoms with Crippen LogP contribution in [0.3, 0.4) is 0 Å². The largest absolute Gasteiger partial charge is 0.694 e. The fourth-order valence-corrected chi connectivity index (χ4v) is 5.34. The molecule has 1 heterocycles. The SMILES string of the molecule is CC1=CC(C)=[N+](c2c(F)c(F)c(F)c(F)c2F)[B-](OS(=O)(=O)C(F)(F)F)(OS(=O)(=O)C(F)(F)F)N1c1c(F)c(F)c(F)c(F)c1F.